The van der Waals surface area contributed by atoms with Gasteiger partial charge in [-0.05, 0) is 111 Å². The number of benzene rings is 3. The molecule has 0 saturated carbocycles. The summed E-state index contributed by atoms with van der Waals surface area (Å²) in [6.45, 7) is 12.0. The molecule has 0 aliphatic heterocycles. The van der Waals surface area contributed by atoms with Gasteiger partial charge in [-0.25, -0.2) is 0 Å². The van der Waals surface area contributed by atoms with Crippen LogP contribution in [0.5, 0.6) is 17.2 Å². The Hall–Kier alpha value is -2.71. The second kappa shape index (κ2) is 9.03. The molecular formula is C27H33O4P. The molecule has 3 aromatic rings. The van der Waals surface area contributed by atoms with E-state index in [9.17, 15) is 0 Å². The van der Waals surface area contributed by atoms with Gasteiger partial charge in [-0.3, -0.25) is 0 Å². The lowest BCUT2D eigenvalue weighted by molar-refractivity contribution is 0.408. The Morgan fingerprint density at radius 1 is 0.469 bits per heavy atom. The normalized spacial score (nSPS) is 11.4. The first-order valence-electron chi connectivity index (χ1n) is 10.7. The van der Waals surface area contributed by atoms with Crippen LogP contribution < -0.4 is 30.1 Å². The van der Waals surface area contributed by atoms with E-state index < -0.39 is 7.14 Å². The highest BCUT2D eigenvalue weighted by Gasteiger charge is 2.33. The Kier molecular flexibility index (Phi) is 6.76. The van der Waals surface area contributed by atoms with Crippen LogP contribution >= 0.6 is 7.14 Å². The van der Waals surface area contributed by atoms with E-state index in [1.54, 1.807) is 21.3 Å². The minimum atomic E-state index is -3.20. The summed E-state index contributed by atoms with van der Waals surface area (Å²) in [4.78, 5) is 0. The lowest BCUT2D eigenvalue weighted by Gasteiger charge is -2.25. The average Bonchev–Trinajstić information content (AvgIpc) is 2.72. The second-order valence-corrected chi connectivity index (χ2v) is 11.2. The quantitative estimate of drug-likeness (QED) is 0.482. The summed E-state index contributed by atoms with van der Waals surface area (Å²) in [5, 5.41) is 2.38. The van der Waals surface area contributed by atoms with Crippen LogP contribution in [0.4, 0.5) is 0 Å². The van der Waals surface area contributed by atoms with Crippen molar-refractivity contribution < 1.29 is 18.8 Å². The fourth-order valence-electron chi connectivity index (χ4n) is 4.74. The first-order valence-corrected chi connectivity index (χ1v) is 12.4. The molecule has 0 aromatic heterocycles. The summed E-state index contributed by atoms with van der Waals surface area (Å²) in [5.41, 5.74) is 5.79. The van der Waals surface area contributed by atoms with Crippen LogP contribution in [0.15, 0.2) is 36.4 Å². The van der Waals surface area contributed by atoms with E-state index in [0.29, 0.717) is 0 Å². The maximum atomic E-state index is 15.2. The molecule has 5 heteroatoms. The van der Waals surface area contributed by atoms with E-state index in [1.165, 1.54) is 0 Å². The molecule has 0 fully saturated rings. The zero-order valence-corrected chi connectivity index (χ0v) is 21.4. The summed E-state index contributed by atoms with van der Waals surface area (Å²) in [7, 11) is 1.81. The lowest BCUT2D eigenvalue weighted by atomic mass is 10.1. The SMILES string of the molecule is COc1c(C)cc(P(=O)(c2cc(C)c(OC)c(C)c2)c2cc(C)c(OC)c(C)c2)cc1C. The van der Waals surface area contributed by atoms with Crippen molar-refractivity contribution in [2.24, 2.45) is 0 Å². The Balaban J connectivity index is 2.42. The van der Waals surface area contributed by atoms with E-state index in [1.807, 2.05) is 77.9 Å². The fourth-order valence-corrected chi connectivity index (χ4v) is 7.89. The monoisotopic (exact) mass is 452 g/mol. The van der Waals surface area contributed by atoms with Gasteiger partial charge in [0.15, 0.2) is 7.14 Å². The fraction of sp³-hybridized carbons (Fsp3) is 0.333. The first-order chi connectivity index (χ1) is 15.1. The maximum absolute atomic E-state index is 15.2. The highest BCUT2D eigenvalue weighted by atomic mass is 31.2. The summed E-state index contributed by atoms with van der Waals surface area (Å²) in [6, 6.07) is 12.0. The van der Waals surface area contributed by atoms with Crippen molar-refractivity contribution in [3.8, 4) is 17.2 Å². The molecule has 0 radical (unpaired) electrons. The van der Waals surface area contributed by atoms with Crippen molar-refractivity contribution in [1.82, 2.24) is 0 Å². The molecule has 0 amide bonds. The van der Waals surface area contributed by atoms with Gasteiger partial charge in [0.1, 0.15) is 17.2 Å². The Labute approximate surface area is 191 Å². The van der Waals surface area contributed by atoms with Gasteiger partial charge >= 0.3 is 0 Å². The van der Waals surface area contributed by atoms with Crippen LogP contribution in [0.25, 0.3) is 0 Å². The minimum absolute atomic E-state index is 0.793. The van der Waals surface area contributed by atoms with Crippen LogP contribution in [0.1, 0.15) is 33.4 Å². The van der Waals surface area contributed by atoms with E-state index in [0.717, 1.165) is 66.5 Å². The van der Waals surface area contributed by atoms with Crippen molar-refractivity contribution >= 4 is 23.1 Å². The molecule has 3 aromatic carbocycles. The van der Waals surface area contributed by atoms with E-state index in [-0.39, 0.29) is 0 Å². The summed E-state index contributed by atoms with van der Waals surface area (Å²) < 4.78 is 31.9. The summed E-state index contributed by atoms with van der Waals surface area (Å²) in [6.07, 6.45) is 0. The molecule has 3 rings (SSSR count). The highest BCUT2D eigenvalue weighted by molar-refractivity contribution is 7.85. The number of rotatable bonds is 6. The molecule has 0 saturated heterocycles. The molecule has 0 bridgehead atoms. The van der Waals surface area contributed by atoms with Gasteiger partial charge in [0.05, 0.1) is 21.3 Å². The van der Waals surface area contributed by atoms with Gasteiger partial charge in [0, 0.05) is 15.9 Å². The topological polar surface area (TPSA) is 44.8 Å². The third-order valence-electron chi connectivity index (χ3n) is 6.04. The number of methoxy groups -OCH3 is 3. The van der Waals surface area contributed by atoms with Crippen LogP contribution in [0.3, 0.4) is 0 Å². The molecule has 0 atom stereocenters. The highest BCUT2D eigenvalue weighted by Crippen LogP contribution is 2.46. The summed E-state index contributed by atoms with van der Waals surface area (Å²) >= 11 is 0. The molecule has 0 unspecified atom stereocenters. The van der Waals surface area contributed by atoms with E-state index in [2.05, 4.69) is 0 Å². The molecule has 170 valence electrons. The van der Waals surface area contributed by atoms with Crippen LogP contribution in [0, 0.1) is 41.5 Å². The van der Waals surface area contributed by atoms with Crippen LogP contribution in [0.2, 0.25) is 0 Å². The van der Waals surface area contributed by atoms with Crippen molar-refractivity contribution in [2.45, 2.75) is 41.5 Å². The van der Waals surface area contributed by atoms with Gasteiger partial charge in [0.2, 0.25) is 0 Å². The zero-order valence-electron chi connectivity index (χ0n) is 20.5. The second-order valence-electron chi connectivity index (χ2n) is 8.45. The molecule has 4 nitrogen and oxygen atoms in total. The number of hydrogen-bond donors (Lipinski definition) is 0. The first kappa shape index (κ1) is 23.9. The Morgan fingerprint density at radius 3 is 0.812 bits per heavy atom. The number of hydrogen-bond acceptors (Lipinski definition) is 4. The van der Waals surface area contributed by atoms with Crippen molar-refractivity contribution in [1.29, 1.82) is 0 Å². The Bertz CT molecular complexity index is 1010. The molecule has 0 heterocycles. The van der Waals surface area contributed by atoms with Crippen molar-refractivity contribution in [2.75, 3.05) is 21.3 Å². The predicted octanol–water partition coefficient (Wildman–Crippen LogP) is 5.20. The van der Waals surface area contributed by atoms with Crippen LogP contribution in [-0.2, 0) is 4.57 Å². The van der Waals surface area contributed by atoms with Gasteiger partial charge in [-0.2, -0.15) is 0 Å². The molecule has 0 aliphatic carbocycles. The third-order valence-corrected chi connectivity index (χ3v) is 8.99. The Morgan fingerprint density at radius 2 is 0.656 bits per heavy atom. The maximum Gasteiger partial charge on any atom is 0.171 e. The third kappa shape index (κ3) is 3.93. The number of aryl methyl sites for hydroxylation is 6. The smallest absolute Gasteiger partial charge is 0.171 e. The van der Waals surface area contributed by atoms with Gasteiger partial charge in [0.25, 0.3) is 0 Å². The molecule has 32 heavy (non-hydrogen) atoms. The summed E-state index contributed by atoms with van der Waals surface area (Å²) in [5.74, 6) is 2.47. The average molecular weight is 453 g/mol. The lowest BCUT2D eigenvalue weighted by Crippen LogP contribution is -2.27. The van der Waals surface area contributed by atoms with Gasteiger partial charge in [-0.15, -0.1) is 0 Å². The van der Waals surface area contributed by atoms with E-state index >= 15 is 4.57 Å². The molecule has 0 aliphatic rings. The molecule has 0 spiro atoms. The van der Waals surface area contributed by atoms with Crippen molar-refractivity contribution in [3.63, 3.8) is 0 Å². The van der Waals surface area contributed by atoms with Crippen LogP contribution in [-0.4, -0.2) is 21.3 Å². The van der Waals surface area contributed by atoms with E-state index in [4.69, 9.17) is 14.2 Å². The standard InChI is InChI=1S/C27H33O4P/c1-16-10-22(11-17(2)25(16)29-7)32(28,23-12-18(3)26(30-8)19(4)13-23)24-14-20(5)27(31-9)21(6)15-24/h10-15H,1-9H3. The largest absolute Gasteiger partial charge is 0.496 e. The molecule has 0 N–H and O–H groups in total. The van der Waals surface area contributed by atoms with Gasteiger partial charge in [-0.1, -0.05) is 0 Å². The number of ether oxygens (including phenoxy) is 3. The molecular weight excluding hydrogens is 419 g/mol. The minimum Gasteiger partial charge on any atom is -0.496 e. The van der Waals surface area contributed by atoms with Gasteiger partial charge < -0.3 is 18.8 Å². The van der Waals surface area contributed by atoms with Crippen molar-refractivity contribution in [3.05, 3.63) is 69.8 Å². The predicted molar refractivity (Wildman–Crippen MR) is 134 cm³/mol. The zero-order chi connectivity index (χ0) is 23.8.